The summed E-state index contributed by atoms with van der Waals surface area (Å²) in [5.74, 6) is 0. The lowest BCUT2D eigenvalue weighted by Crippen LogP contribution is -2.34. The molecule has 3 heteroatoms. The van der Waals surface area contributed by atoms with E-state index in [9.17, 15) is 5.11 Å². The van der Waals surface area contributed by atoms with Crippen molar-refractivity contribution < 1.29 is 5.11 Å². The van der Waals surface area contributed by atoms with Gasteiger partial charge in [0.1, 0.15) is 0 Å². The monoisotopic (exact) mass is 202 g/mol. The molecule has 0 aromatic heterocycles. The minimum atomic E-state index is -0.202. The molecule has 2 atom stereocenters. The number of rotatable bonds is 1. The molecule has 2 N–H and O–H groups in total. The number of hydrogen-bond acceptors (Lipinski definition) is 3. The Kier molecular flexibility index (Phi) is 3.00. The molecule has 1 saturated heterocycles. The normalized spacial score (nSPS) is 25.9. The fourth-order valence-corrected chi connectivity index (χ4v) is 1.94. The van der Waals surface area contributed by atoms with E-state index in [0.29, 0.717) is 5.56 Å². The molecule has 1 aromatic carbocycles. The van der Waals surface area contributed by atoms with Crippen LogP contribution in [0, 0.1) is 11.3 Å². The summed E-state index contributed by atoms with van der Waals surface area (Å²) in [4.78, 5) is 0. The van der Waals surface area contributed by atoms with Crippen molar-refractivity contribution in [3.8, 4) is 6.07 Å². The first-order chi connectivity index (χ1) is 7.29. The van der Waals surface area contributed by atoms with Crippen molar-refractivity contribution in [2.75, 3.05) is 6.54 Å². The molecule has 0 bridgehead atoms. The van der Waals surface area contributed by atoms with E-state index >= 15 is 0 Å². The van der Waals surface area contributed by atoms with E-state index in [2.05, 4.69) is 11.4 Å². The summed E-state index contributed by atoms with van der Waals surface area (Å²) in [6.07, 6.45) is 1.38. The van der Waals surface area contributed by atoms with E-state index in [4.69, 9.17) is 5.26 Å². The van der Waals surface area contributed by atoms with Gasteiger partial charge in [0, 0.05) is 6.04 Å². The second-order valence-electron chi connectivity index (χ2n) is 3.92. The van der Waals surface area contributed by atoms with Crippen LogP contribution < -0.4 is 5.32 Å². The summed E-state index contributed by atoms with van der Waals surface area (Å²) in [5, 5.41) is 21.6. The van der Waals surface area contributed by atoms with Gasteiger partial charge in [-0.1, -0.05) is 12.1 Å². The molecule has 0 amide bonds. The molecule has 1 heterocycles. The molecule has 78 valence electrons. The van der Waals surface area contributed by atoms with E-state index in [0.717, 1.165) is 24.9 Å². The highest BCUT2D eigenvalue weighted by molar-refractivity contribution is 5.33. The first kappa shape index (κ1) is 10.2. The van der Waals surface area contributed by atoms with Gasteiger partial charge < -0.3 is 10.4 Å². The predicted octanol–water partition coefficient (Wildman–Crippen LogP) is 1.34. The average Bonchev–Trinajstić information content (AvgIpc) is 2.29. The number of nitrogens with one attached hydrogen (secondary N) is 1. The van der Waals surface area contributed by atoms with Crippen LogP contribution in [0.4, 0.5) is 0 Å². The molecule has 1 aliphatic rings. The highest BCUT2D eigenvalue weighted by atomic mass is 16.3. The minimum absolute atomic E-state index is 0.202. The fourth-order valence-electron chi connectivity index (χ4n) is 1.94. The molecule has 2 rings (SSSR count). The zero-order chi connectivity index (χ0) is 10.7. The van der Waals surface area contributed by atoms with Gasteiger partial charge in [0.2, 0.25) is 0 Å². The molecule has 0 spiro atoms. The molecule has 1 fully saturated rings. The van der Waals surface area contributed by atoms with Gasteiger partial charge in [-0.15, -0.1) is 0 Å². The zero-order valence-corrected chi connectivity index (χ0v) is 8.48. The van der Waals surface area contributed by atoms with Crippen LogP contribution in [0.15, 0.2) is 24.3 Å². The van der Waals surface area contributed by atoms with Gasteiger partial charge in [0.05, 0.1) is 17.7 Å². The van der Waals surface area contributed by atoms with E-state index in [1.54, 1.807) is 0 Å². The standard InChI is InChI=1S/C12H14N2O/c13-8-9-1-3-10(4-2-9)12-7-11(15)5-6-14-12/h1-4,11-12,14-15H,5-7H2/t11-,12+/m0/s1. The summed E-state index contributed by atoms with van der Waals surface area (Å²) in [5.41, 5.74) is 1.82. The SMILES string of the molecule is N#Cc1ccc([C@H]2C[C@@H](O)CCN2)cc1. The Morgan fingerprint density at radius 1 is 1.33 bits per heavy atom. The van der Waals surface area contributed by atoms with Crippen LogP contribution in [0.5, 0.6) is 0 Å². The number of nitriles is 1. The second-order valence-corrected chi connectivity index (χ2v) is 3.92. The largest absolute Gasteiger partial charge is 0.393 e. The Hall–Kier alpha value is -1.37. The Morgan fingerprint density at radius 2 is 2.07 bits per heavy atom. The summed E-state index contributed by atoms with van der Waals surface area (Å²) in [6, 6.07) is 9.86. The van der Waals surface area contributed by atoms with Crippen LogP contribution in [-0.4, -0.2) is 17.8 Å². The van der Waals surface area contributed by atoms with Crippen molar-refractivity contribution in [1.29, 1.82) is 5.26 Å². The molecular weight excluding hydrogens is 188 g/mol. The van der Waals surface area contributed by atoms with E-state index in [-0.39, 0.29) is 12.1 Å². The summed E-state index contributed by atoms with van der Waals surface area (Å²) in [6.45, 7) is 0.853. The Morgan fingerprint density at radius 3 is 2.67 bits per heavy atom. The van der Waals surface area contributed by atoms with Crippen molar-refractivity contribution in [3.63, 3.8) is 0 Å². The maximum Gasteiger partial charge on any atom is 0.0991 e. The topological polar surface area (TPSA) is 56.0 Å². The molecule has 1 aromatic rings. The number of nitrogens with zero attached hydrogens (tertiary/aromatic N) is 1. The van der Waals surface area contributed by atoms with Crippen LogP contribution in [0.2, 0.25) is 0 Å². The van der Waals surface area contributed by atoms with Gasteiger partial charge in [-0.05, 0) is 37.1 Å². The zero-order valence-electron chi connectivity index (χ0n) is 8.48. The minimum Gasteiger partial charge on any atom is -0.393 e. The van der Waals surface area contributed by atoms with Gasteiger partial charge in [0.15, 0.2) is 0 Å². The van der Waals surface area contributed by atoms with Crippen LogP contribution in [-0.2, 0) is 0 Å². The highest BCUT2D eigenvalue weighted by Crippen LogP contribution is 2.23. The van der Waals surface area contributed by atoms with Crippen molar-refractivity contribution in [3.05, 3.63) is 35.4 Å². The van der Waals surface area contributed by atoms with Crippen LogP contribution in [0.1, 0.15) is 30.0 Å². The second kappa shape index (κ2) is 4.43. The maximum atomic E-state index is 9.55. The molecule has 0 aliphatic carbocycles. The fraction of sp³-hybridized carbons (Fsp3) is 0.417. The molecule has 1 aliphatic heterocycles. The molecular formula is C12H14N2O. The van der Waals surface area contributed by atoms with Gasteiger partial charge >= 0.3 is 0 Å². The number of aliphatic hydroxyl groups is 1. The van der Waals surface area contributed by atoms with Crippen molar-refractivity contribution in [1.82, 2.24) is 5.32 Å². The van der Waals surface area contributed by atoms with Crippen LogP contribution in [0.3, 0.4) is 0 Å². The lowest BCUT2D eigenvalue weighted by atomic mass is 9.95. The van der Waals surface area contributed by atoms with Crippen LogP contribution >= 0.6 is 0 Å². The maximum absolute atomic E-state index is 9.55. The number of aliphatic hydroxyl groups excluding tert-OH is 1. The van der Waals surface area contributed by atoms with Crippen molar-refractivity contribution in [2.45, 2.75) is 25.0 Å². The van der Waals surface area contributed by atoms with Gasteiger partial charge in [-0.25, -0.2) is 0 Å². The summed E-state index contributed by atoms with van der Waals surface area (Å²) >= 11 is 0. The highest BCUT2D eigenvalue weighted by Gasteiger charge is 2.20. The molecule has 15 heavy (non-hydrogen) atoms. The van der Waals surface area contributed by atoms with Crippen molar-refractivity contribution in [2.24, 2.45) is 0 Å². The third-order valence-corrected chi connectivity index (χ3v) is 2.82. The van der Waals surface area contributed by atoms with E-state index < -0.39 is 0 Å². The third kappa shape index (κ3) is 2.35. The number of benzene rings is 1. The van der Waals surface area contributed by atoms with Gasteiger partial charge in [-0.2, -0.15) is 5.26 Å². The molecule has 0 saturated carbocycles. The third-order valence-electron chi connectivity index (χ3n) is 2.82. The predicted molar refractivity (Wildman–Crippen MR) is 57.1 cm³/mol. The Bertz CT molecular complexity index is 366. The van der Waals surface area contributed by atoms with E-state index in [1.807, 2.05) is 24.3 Å². The smallest absolute Gasteiger partial charge is 0.0991 e. The van der Waals surface area contributed by atoms with Crippen LogP contribution in [0.25, 0.3) is 0 Å². The van der Waals surface area contributed by atoms with Crippen molar-refractivity contribution >= 4 is 0 Å². The summed E-state index contributed by atoms with van der Waals surface area (Å²) in [7, 11) is 0. The molecule has 0 unspecified atom stereocenters. The first-order valence-electron chi connectivity index (χ1n) is 5.21. The van der Waals surface area contributed by atoms with Gasteiger partial charge in [-0.3, -0.25) is 0 Å². The first-order valence-corrected chi connectivity index (χ1v) is 5.21. The quantitative estimate of drug-likeness (QED) is 0.722. The Balaban J connectivity index is 2.12. The number of piperidine rings is 1. The summed E-state index contributed by atoms with van der Waals surface area (Å²) < 4.78 is 0. The Labute approximate surface area is 89.4 Å². The lowest BCUT2D eigenvalue weighted by molar-refractivity contribution is 0.117. The number of hydrogen-bond donors (Lipinski definition) is 2. The molecule has 3 nitrogen and oxygen atoms in total. The lowest BCUT2D eigenvalue weighted by Gasteiger charge is -2.27. The average molecular weight is 202 g/mol. The van der Waals surface area contributed by atoms with E-state index in [1.165, 1.54) is 0 Å². The van der Waals surface area contributed by atoms with Gasteiger partial charge in [0.25, 0.3) is 0 Å². The molecule has 0 radical (unpaired) electrons.